The predicted octanol–water partition coefficient (Wildman–Crippen LogP) is 5.82. The Bertz CT molecular complexity index is 1070. The zero-order chi connectivity index (χ0) is 21.7. The van der Waals surface area contributed by atoms with E-state index in [1.165, 1.54) is 29.6 Å². The topological polar surface area (TPSA) is 105 Å². The van der Waals surface area contributed by atoms with Crippen LogP contribution in [0.4, 0.5) is 11.4 Å². The highest BCUT2D eigenvalue weighted by atomic mass is 32.2. The van der Waals surface area contributed by atoms with Gasteiger partial charge in [0.15, 0.2) is 0 Å². The van der Waals surface area contributed by atoms with Crippen molar-refractivity contribution < 1.29 is 19.3 Å². The lowest BCUT2D eigenvalue weighted by Gasteiger charge is -2.11. The minimum Gasteiger partial charge on any atom is -0.497 e. The second kappa shape index (κ2) is 9.51. The van der Waals surface area contributed by atoms with Crippen molar-refractivity contribution in [3.63, 3.8) is 0 Å². The molecule has 0 saturated carbocycles. The van der Waals surface area contributed by atoms with Crippen molar-refractivity contribution in [2.75, 3.05) is 14.2 Å². The molecule has 3 aromatic rings. The van der Waals surface area contributed by atoms with Crippen LogP contribution in [0.5, 0.6) is 11.5 Å². The van der Waals surface area contributed by atoms with E-state index in [2.05, 4.69) is 0 Å². The Morgan fingerprint density at radius 2 is 1.23 bits per heavy atom. The van der Waals surface area contributed by atoms with E-state index in [0.29, 0.717) is 21.3 Å². The van der Waals surface area contributed by atoms with Gasteiger partial charge in [0.05, 0.1) is 30.1 Å². The SMILES string of the molecule is COc1ccc(Sc2cc([N+](=O)[O-])cc([N+](=O)[O-])c2Sc2ccc(OC)cc2)cc1. The third kappa shape index (κ3) is 5.02. The second-order valence-electron chi connectivity index (χ2n) is 5.86. The Morgan fingerprint density at radius 3 is 1.67 bits per heavy atom. The molecule has 0 heterocycles. The van der Waals surface area contributed by atoms with Crippen molar-refractivity contribution in [3.05, 3.63) is 80.9 Å². The molecule has 3 rings (SSSR count). The molecule has 0 atom stereocenters. The Morgan fingerprint density at radius 1 is 0.733 bits per heavy atom. The highest BCUT2D eigenvalue weighted by molar-refractivity contribution is 8.02. The summed E-state index contributed by atoms with van der Waals surface area (Å²) in [6, 6.07) is 16.5. The van der Waals surface area contributed by atoms with Crippen molar-refractivity contribution >= 4 is 34.9 Å². The van der Waals surface area contributed by atoms with Gasteiger partial charge in [0.25, 0.3) is 11.4 Å². The number of nitro benzene ring substituents is 2. The molecule has 154 valence electrons. The fourth-order valence-electron chi connectivity index (χ4n) is 2.53. The minimum atomic E-state index is -0.632. The fraction of sp³-hybridized carbons (Fsp3) is 0.100. The van der Waals surface area contributed by atoms with Gasteiger partial charge in [-0.15, -0.1) is 0 Å². The lowest BCUT2D eigenvalue weighted by molar-refractivity contribution is -0.396. The molecule has 0 spiro atoms. The molecule has 0 aromatic heterocycles. The first-order valence-corrected chi connectivity index (χ1v) is 10.1. The zero-order valence-electron chi connectivity index (χ0n) is 15.9. The number of benzene rings is 3. The highest BCUT2D eigenvalue weighted by Gasteiger charge is 2.25. The van der Waals surface area contributed by atoms with Gasteiger partial charge in [-0.05, 0) is 48.5 Å². The van der Waals surface area contributed by atoms with Gasteiger partial charge in [-0.2, -0.15) is 0 Å². The molecule has 10 heteroatoms. The molecular weight excluding hydrogens is 428 g/mol. The maximum Gasteiger partial charge on any atom is 0.291 e. The molecule has 0 unspecified atom stereocenters. The number of hydrogen-bond acceptors (Lipinski definition) is 8. The van der Waals surface area contributed by atoms with E-state index >= 15 is 0 Å². The van der Waals surface area contributed by atoms with Crippen molar-refractivity contribution in [3.8, 4) is 11.5 Å². The molecule has 0 amide bonds. The molecule has 0 aliphatic carbocycles. The van der Waals surface area contributed by atoms with E-state index in [1.807, 2.05) is 0 Å². The molecule has 0 bridgehead atoms. The zero-order valence-corrected chi connectivity index (χ0v) is 17.6. The van der Waals surface area contributed by atoms with E-state index in [9.17, 15) is 20.2 Å². The maximum absolute atomic E-state index is 11.7. The van der Waals surface area contributed by atoms with E-state index < -0.39 is 9.85 Å². The molecule has 0 aliphatic rings. The summed E-state index contributed by atoms with van der Waals surface area (Å²) in [5.41, 5.74) is -0.655. The number of nitro groups is 2. The number of non-ortho nitro benzene ring substituents is 1. The van der Waals surface area contributed by atoms with Crippen LogP contribution in [-0.4, -0.2) is 24.1 Å². The van der Waals surface area contributed by atoms with Crippen LogP contribution in [0.1, 0.15) is 0 Å². The normalized spacial score (nSPS) is 10.5. The van der Waals surface area contributed by atoms with Crippen LogP contribution in [0.25, 0.3) is 0 Å². The maximum atomic E-state index is 11.7. The summed E-state index contributed by atoms with van der Waals surface area (Å²) in [5, 5.41) is 23.0. The average Bonchev–Trinajstić information content (AvgIpc) is 2.75. The first kappa shape index (κ1) is 21.5. The lowest BCUT2D eigenvalue weighted by atomic mass is 10.3. The summed E-state index contributed by atoms with van der Waals surface area (Å²) < 4.78 is 10.3. The average molecular weight is 444 g/mol. The molecule has 0 radical (unpaired) electrons. The van der Waals surface area contributed by atoms with Gasteiger partial charge in [-0.1, -0.05) is 23.5 Å². The van der Waals surface area contributed by atoms with Crippen LogP contribution in [0.2, 0.25) is 0 Å². The van der Waals surface area contributed by atoms with Crippen LogP contribution in [0.15, 0.2) is 80.2 Å². The van der Waals surface area contributed by atoms with Crippen molar-refractivity contribution in [1.29, 1.82) is 0 Å². The highest BCUT2D eigenvalue weighted by Crippen LogP contribution is 2.46. The van der Waals surface area contributed by atoms with Crippen LogP contribution in [0.3, 0.4) is 0 Å². The smallest absolute Gasteiger partial charge is 0.291 e. The fourth-order valence-corrected chi connectivity index (χ4v) is 4.58. The van der Waals surface area contributed by atoms with Gasteiger partial charge in [-0.25, -0.2) is 0 Å². The number of nitrogens with zero attached hydrogens (tertiary/aromatic N) is 2. The van der Waals surface area contributed by atoms with Crippen molar-refractivity contribution in [2.24, 2.45) is 0 Å². The van der Waals surface area contributed by atoms with Gasteiger partial charge in [0.1, 0.15) is 16.4 Å². The number of methoxy groups -OCH3 is 2. The van der Waals surface area contributed by atoms with E-state index in [1.54, 1.807) is 62.8 Å². The molecule has 3 aromatic carbocycles. The second-order valence-corrected chi connectivity index (χ2v) is 8.06. The van der Waals surface area contributed by atoms with Crippen LogP contribution >= 0.6 is 23.5 Å². The standard InChI is InChI=1S/C20H16N2O6S2/c1-27-14-3-7-16(8-4-14)29-19-12-13(21(23)24)11-18(22(25)26)20(19)30-17-9-5-15(28-2)6-10-17/h3-12H,1-2H3. The molecule has 0 saturated heterocycles. The Balaban J connectivity index is 2.07. The number of hydrogen-bond donors (Lipinski definition) is 0. The first-order chi connectivity index (χ1) is 14.4. The van der Waals surface area contributed by atoms with Crippen molar-refractivity contribution in [2.45, 2.75) is 19.6 Å². The minimum absolute atomic E-state index is 0.318. The van der Waals surface area contributed by atoms with Gasteiger partial charge in [0.2, 0.25) is 0 Å². The van der Waals surface area contributed by atoms with E-state index in [-0.39, 0.29) is 11.4 Å². The van der Waals surface area contributed by atoms with Gasteiger partial charge < -0.3 is 9.47 Å². The lowest BCUT2D eigenvalue weighted by Crippen LogP contribution is -1.97. The number of rotatable bonds is 8. The summed E-state index contributed by atoms with van der Waals surface area (Å²) in [7, 11) is 3.10. The molecule has 8 nitrogen and oxygen atoms in total. The van der Waals surface area contributed by atoms with Crippen LogP contribution < -0.4 is 9.47 Å². The largest absolute Gasteiger partial charge is 0.497 e. The van der Waals surface area contributed by atoms with Crippen molar-refractivity contribution in [1.82, 2.24) is 0 Å². The quantitative estimate of drug-likeness (QED) is 0.316. The molecule has 0 fully saturated rings. The summed E-state index contributed by atoms with van der Waals surface area (Å²) in [6.07, 6.45) is 0. The van der Waals surface area contributed by atoms with E-state index in [4.69, 9.17) is 9.47 Å². The Kier molecular flexibility index (Phi) is 6.80. The molecule has 30 heavy (non-hydrogen) atoms. The van der Waals surface area contributed by atoms with Gasteiger partial charge in [0, 0.05) is 20.8 Å². The summed E-state index contributed by atoms with van der Waals surface area (Å²) in [6.45, 7) is 0. The van der Waals surface area contributed by atoms with Gasteiger partial charge >= 0.3 is 0 Å². The summed E-state index contributed by atoms with van der Waals surface area (Å²) >= 11 is 2.38. The van der Waals surface area contributed by atoms with Gasteiger partial charge in [-0.3, -0.25) is 20.2 Å². The third-order valence-electron chi connectivity index (χ3n) is 3.99. The number of ether oxygens (including phenoxy) is 2. The van der Waals surface area contributed by atoms with E-state index in [0.717, 1.165) is 15.9 Å². The monoisotopic (exact) mass is 444 g/mol. The summed E-state index contributed by atoms with van der Waals surface area (Å²) in [4.78, 5) is 24.1. The third-order valence-corrected chi connectivity index (χ3v) is 6.31. The molecule has 0 aliphatic heterocycles. The molecular formula is C20H16N2O6S2. The first-order valence-electron chi connectivity index (χ1n) is 8.52. The predicted molar refractivity (Wildman–Crippen MR) is 114 cm³/mol. The van der Waals surface area contributed by atoms with Crippen LogP contribution in [-0.2, 0) is 0 Å². The Hall–Kier alpha value is -3.24. The molecule has 0 N–H and O–H groups in total. The van der Waals surface area contributed by atoms with Crippen LogP contribution in [0, 0.1) is 20.2 Å². The Labute approximate surface area is 180 Å². The summed E-state index contributed by atoms with van der Waals surface area (Å²) in [5.74, 6) is 1.32.